The average molecular weight is 183 g/mol. The molecule has 0 bridgehead atoms. The molecular formula is C4H2Cl2NOS. The highest BCUT2D eigenvalue weighted by molar-refractivity contribution is 7.16. The lowest BCUT2D eigenvalue weighted by Crippen LogP contribution is -1.72. The molecule has 9 heavy (non-hydrogen) atoms. The summed E-state index contributed by atoms with van der Waals surface area (Å²) in [6.07, 6.45) is 0. The number of rotatable bonds is 1. The van der Waals surface area contributed by atoms with Crippen LogP contribution in [-0.2, 0) is 11.7 Å². The van der Waals surface area contributed by atoms with Crippen LogP contribution in [0.2, 0.25) is 9.62 Å². The zero-order valence-electron chi connectivity index (χ0n) is 4.23. The first kappa shape index (κ1) is 7.28. The number of halogens is 2. The van der Waals surface area contributed by atoms with Crippen molar-refractivity contribution in [3.8, 4) is 0 Å². The number of thiazole rings is 1. The maximum absolute atomic E-state index is 10.2. The van der Waals surface area contributed by atoms with Gasteiger partial charge in [-0.15, -0.1) is 11.3 Å². The molecule has 0 aromatic carbocycles. The van der Waals surface area contributed by atoms with Crippen LogP contribution >= 0.6 is 34.5 Å². The second-order valence-corrected chi connectivity index (χ2v) is 3.35. The molecule has 0 spiro atoms. The van der Waals surface area contributed by atoms with E-state index in [-0.39, 0.29) is 11.8 Å². The lowest BCUT2D eigenvalue weighted by Gasteiger charge is -1.80. The Morgan fingerprint density at radius 2 is 2.22 bits per heavy atom. The van der Waals surface area contributed by atoms with Crippen molar-refractivity contribution in [3.05, 3.63) is 14.5 Å². The number of hydrogen-bond acceptors (Lipinski definition) is 2. The first-order valence-corrected chi connectivity index (χ1v) is 3.70. The molecule has 0 N–H and O–H groups in total. The van der Waals surface area contributed by atoms with Crippen molar-refractivity contribution in [2.24, 2.45) is 0 Å². The molecule has 0 aliphatic carbocycles. The molecule has 0 amide bonds. The molecule has 0 atom stereocenters. The van der Waals surface area contributed by atoms with E-state index in [4.69, 9.17) is 23.2 Å². The lowest BCUT2D eigenvalue weighted by molar-refractivity contribution is 0.180. The molecule has 49 valence electrons. The minimum Gasteiger partial charge on any atom is -0.231 e. The molecule has 1 aromatic heterocycles. The minimum absolute atomic E-state index is 0.236. The van der Waals surface area contributed by atoms with E-state index in [1.165, 1.54) is 0 Å². The van der Waals surface area contributed by atoms with E-state index in [1.54, 1.807) is 0 Å². The van der Waals surface area contributed by atoms with Crippen LogP contribution in [0.3, 0.4) is 0 Å². The Bertz CT molecular complexity index is 212. The van der Waals surface area contributed by atoms with Gasteiger partial charge in [0.25, 0.3) is 0 Å². The molecule has 2 nitrogen and oxygen atoms in total. The first-order chi connectivity index (χ1) is 4.24. The smallest absolute Gasteiger partial charge is 0.185 e. The molecule has 1 aromatic rings. The third kappa shape index (κ3) is 1.55. The number of hydrogen-bond donors (Lipinski definition) is 0. The van der Waals surface area contributed by atoms with E-state index in [1.807, 2.05) is 0 Å². The van der Waals surface area contributed by atoms with E-state index in [0.29, 0.717) is 9.34 Å². The van der Waals surface area contributed by atoms with Gasteiger partial charge in [-0.05, 0) is 0 Å². The van der Waals surface area contributed by atoms with Gasteiger partial charge in [-0.25, -0.2) is 10.1 Å². The van der Waals surface area contributed by atoms with Crippen LogP contribution in [0.15, 0.2) is 0 Å². The molecule has 0 aliphatic heterocycles. The topological polar surface area (TPSA) is 32.8 Å². The van der Waals surface area contributed by atoms with Crippen molar-refractivity contribution >= 4 is 34.5 Å². The molecule has 5 heteroatoms. The Kier molecular flexibility index (Phi) is 2.29. The van der Waals surface area contributed by atoms with E-state index in [9.17, 15) is 5.11 Å². The largest absolute Gasteiger partial charge is 0.231 e. The van der Waals surface area contributed by atoms with Gasteiger partial charge in [-0.3, -0.25) is 0 Å². The van der Waals surface area contributed by atoms with Gasteiger partial charge in [-0.2, -0.15) is 0 Å². The molecule has 1 rings (SSSR count). The molecule has 0 unspecified atom stereocenters. The molecule has 1 radical (unpaired) electrons. The molecule has 0 fully saturated rings. The summed E-state index contributed by atoms with van der Waals surface area (Å²) >= 11 is 12.0. The summed E-state index contributed by atoms with van der Waals surface area (Å²) < 4.78 is 0.325. The van der Waals surface area contributed by atoms with Crippen molar-refractivity contribution in [2.75, 3.05) is 0 Å². The van der Waals surface area contributed by atoms with Crippen LogP contribution in [0, 0.1) is 0 Å². The first-order valence-electron chi connectivity index (χ1n) is 2.13. The zero-order chi connectivity index (χ0) is 6.85. The average Bonchev–Trinajstić information content (AvgIpc) is 2.10. The van der Waals surface area contributed by atoms with Crippen LogP contribution in [-0.4, -0.2) is 4.98 Å². The van der Waals surface area contributed by atoms with Crippen molar-refractivity contribution in [1.82, 2.24) is 4.98 Å². The predicted molar refractivity (Wildman–Crippen MR) is 36.5 cm³/mol. The van der Waals surface area contributed by atoms with Crippen molar-refractivity contribution < 1.29 is 5.11 Å². The Hall–Kier alpha value is 0.170. The second kappa shape index (κ2) is 2.84. The summed E-state index contributed by atoms with van der Waals surface area (Å²) in [5.74, 6) is 0. The van der Waals surface area contributed by atoms with Gasteiger partial charge < -0.3 is 0 Å². The lowest BCUT2D eigenvalue weighted by atomic mass is 10.6. The fourth-order valence-corrected chi connectivity index (χ4v) is 1.64. The number of aromatic nitrogens is 1. The van der Waals surface area contributed by atoms with Crippen LogP contribution < -0.4 is 0 Å². The Morgan fingerprint density at radius 1 is 1.56 bits per heavy atom. The van der Waals surface area contributed by atoms with E-state index in [0.717, 1.165) is 11.3 Å². The second-order valence-electron chi connectivity index (χ2n) is 1.33. The van der Waals surface area contributed by atoms with Gasteiger partial charge in [0.05, 0.1) is 4.88 Å². The highest BCUT2D eigenvalue weighted by Gasteiger charge is 2.05. The minimum atomic E-state index is -0.344. The molecule has 0 aliphatic rings. The molecule has 1 heterocycles. The van der Waals surface area contributed by atoms with Gasteiger partial charge in [0.15, 0.2) is 4.47 Å². The highest BCUT2D eigenvalue weighted by atomic mass is 35.5. The van der Waals surface area contributed by atoms with Crippen LogP contribution in [0.25, 0.3) is 0 Å². The van der Waals surface area contributed by atoms with Crippen molar-refractivity contribution in [1.29, 1.82) is 0 Å². The van der Waals surface area contributed by atoms with Gasteiger partial charge >= 0.3 is 0 Å². The van der Waals surface area contributed by atoms with Crippen LogP contribution in [0.1, 0.15) is 4.88 Å². The Balaban J connectivity index is 3.01. The van der Waals surface area contributed by atoms with E-state index in [2.05, 4.69) is 4.98 Å². The van der Waals surface area contributed by atoms with Gasteiger partial charge in [0.1, 0.15) is 11.8 Å². The summed E-state index contributed by atoms with van der Waals surface area (Å²) in [7, 11) is 0. The quantitative estimate of drug-likeness (QED) is 0.657. The third-order valence-electron chi connectivity index (χ3n) is 0.755. The molecule has 0 saturated carbocycles. The van der Waals surface area contributed by atoms with Crippen molar-refractivity contribution in [3.63, 3.8) is 0 Å². The maximum Gasteiger partial charge on any atom is 0.185 e. The van der Waals surface area contributed by atoms with E-state index < -0.39 is 0 Å². The Morgan fingerprint density at radius 3 is 2.44 bits per heavy atom. The summed E-state index contributed by atoms with van der Waals surface area (Å²) in [5, 5.41) is 10.4. The fraction of sp³-hybridized carbons (Fsp3) is 0.250. The monoisotopic (exact) mass is 182 g/mol. The summed E-state index contributed by atoms with van der Waals surface area (Å²) in [4.78, 5) is 4.13. The molecular weight excluding hydrogens is 181 g/mol. The predicted octanol–water partition coefficient (Wildman–Crippen LogP) is 2.38. The Labute approximate surface area is 66.1 Å². The SMILES string of the molecule is [O]Cc1sc(Cl)nc1Cl. The summed E-state index contributed by atoms with van der Waals surface area (Å²) in [6, 6.07) is 0. The normalized spacial score (nSPS) is 10.1. The van der Waals surface area contributed by atoms with Crippen LogP contribution in [0.4, 0.5) is 0 Å². The van der Waals surface area contributed by atoms with Gasteiger partial charge in [0, 0.05) is 0 Å². The third-order valence-corrected chi connectivity index (χ3v) is 2.31. The number of nitrogens with zero attached hydrogens (tertiary/aromatic N) is 1. The highest BCUT2D eigenvalue weighted by Crippen LogP contribution is 2.25. The maximum atomic E-state index is 10.2. The zero-order valence-corrected chi connectivity index (χ0v) is 6.56. The van der Waals surface area contributed by atoms with Crippen LogP contribution in [0.5, 0.6) is 0 Å². The summed E-state index contributed by atoms with van der Waals surface area (Å²) in [5.41, 5.74) is 0. The van der Waals surface area contributed by atoms with Gasteiger partial charge in [-0.1, -0.05) is 23.2 Å². The van der Waals surface area contributed by atoms with Gasteiger partial charge in [0.2, 0.25) is 0 Å². The van der Waals surface area contributed by atoms with Crippen molar-refractivity contribution in [2.45, 2.75) is 6.61 Å². The fourth-order valence-electron chi connectivity index (χ4n) is 0.395. The summed E-state index contributed by atoms with van der Waals surface area (Å²) in [6.45, 7) is -0.344. The van der Waals surface area contributed by atoms with E-state index >= 15 is 0 Å². The standard InChI is InChI=1S/C4H2Cl2NOS/c5-3-2(1-8)9-4(6)7-3/h1H2. The molecule has 0 saturated heterocycles.